The zero-order chi connectivity index (χ0) is 38.4. The number of rotatable bonds is 8. The van der Waals surface area contributed by atoms with Crippen LogP contribution in [0.25, 0.3) is 11.4 Å². The van der Waals surface area contributed by atoms with Crippen LogP contribution in [-0.4, -0.2) is 49.3 Å². The van der Waals surface area contributed by atoms with Crippen LogP contribution in [-0.2, 0) is 12.4 Å². The Morgan fingerprint density at radius 2 is 1.13 bits per heavy atom. The molecule has 0 aliphatic heterocycles. The third kappa shape index (κ3) is 9.50. The number of nitrogens with zero attached hydrogens (tertiary/aromatic N) is 8. The predicted molar refractivity (Wildman–Crippen MR) is 176 cm³/mol. The number of hydrogen-bond acceptors (Lipinski definition) is 14. The fourth-order valence-corrected chi connectivity index (χ4v) is 7.18. The van der Waals surface area contributed by atoms with Crippen LogP contribution in [0.1, 0.15) is 25.0 Å². The van der Waals surface area contributed by atoms with Crippen molar-refractivity contribution in [1.29, 1.82) is 0 Å². The van der Waals surface area contributed by atoms with Crippen molar-refractivity contribution in [2.24, 2.45) is 0 Å². The molecule has 0 radical (unpaired) electrons. The Morgan fingerprint density at radius 3 is 1.54 bits per heavy atom. The molecule has 4 heterocycles. The summed E-state index contributed by atoms with van der Waals surface area (Å²) >= 11 is 3.25. The normalized spacial score (nSPS) is 11.3. The molecule has 52 heavy (non-hydrogen) atoms. The van der Waals surface area contributed by atoms with Crippen molar-refractivity contribution in [1.82, 2.24) is 39.5 Å². The van der Waals surface area contributed by atoms with Gasteiger partial charge in [0.25, 0.3) is 0 Å². The van der Waals surface area contributed by atoms with Gasteiger partial charge in [0.1, 0.15) is 12.4 Å². The van der Waals surface area contributed by atoms with E-state index in [2.05, 4.69) is 30.4 Å². The van der Waals surface area contributed by atoms with Gasteiger partial charge < -0.3 is 0 Å². The number of halogens is 6. The van der Waals surface area contributed by atoms with Gasteiger partial charge in [-0.1, -0.05) is 19.9 Å². The summed E-state index contributed by atoms with van der Waals surface area (Å²) in [6.07, 6.45) is -6.93. The zero-order valence-electron chi connectivity index (χ0n) is 25.7. The minimum Gasteiger partial charge on any atom is -0.257 e. The number of hydrogen-bond donors (Lipinski definition) is 2. The molecule has 6 rings (SSSR count). The average molecular weight is 809 g/mol. The second-order valence-electron chi connectivity index (χ2n) is 9.03. The van der Waals surface area contributed by atoms with E-state index in [0.717, 1.165) is 104 Å². The first kappa shape index (κ1) is 39.4. The van der Waals surface area contributed by atoms with Gasteiger partial charge >= 0.3 is 33.7 Å². The highest BCUT2D eigenvalue weighted by Crippen LogP contribution is 2.36. The lowest BCUT2D eigenvalue weighted by Crippen LogP contribution is -2.16. The van der Waals surface area contributed by atoms with Gasteiger partial charge in [-0.25, -0.2) is 38.9 Å². The van der Waals surface area contributed by atoms with Crippen molar-refractivity contribution in [2.45, 2.75) is 45.2 Å². The first-order valence-corrected chi connectivity index (χ1v) is 17.0. The molecule has 0 aliphatic carbocycles. The van der Waals surface area contributed by atoms with Gasteiger partial charge in [-0.3, -0.25) is 20.2 Å². The van der Waals surface area contributed by atoms with Crippen LogP contribution in [0.5, 0.6) is 0 Å². The monoisotopic (exact) mass is 808 g/mol. The standard InChI is InChI=1S/2C12H6F3N5O3S2.C2H6/c13-12(14,15)6-1-3-7(4-2-6)19-9(21)17-18-10(19)25-11-16-5-8(24-11)20(22)23;13-12(14,15)6-2-1-3-7(4-6)19-9(21)17-18-10(19)25-11-16-5-8(24-11)20(22)23;1-2/h2*1-5H,(H,17,21);1-2H3. The van der Waals surface area contributed by atoms with Crippen LogP contribution in [0.2, 0.25) is 0 Å². The van der Waals surface area contributed by atoms with Gasteiger partial charge in [-0.15, -0.1) is 10.2 Å². The zero-order valence-corrected chi connectivity index (χ0v) is 29.0. The Kier molecular flexibility index (Phi) is 12.4. The minimum atomic E-state index is -4.56. The fourth-order valence-electron chi connectivity index (χ4n) is 3.70. The number of benzene rings is 2. The lowest BCUT2D eigenvalue weighted by Gasteiger charge is -2.09. The molecule has 0 unspecified atom stereocenters. The molecule has 0 fully saturated rings. The first-order chi connectivity index (χ1) is 24.5. The number of aromatic amines is 2. The van der Waals surface area contributed by atoms with Crippen LogP contribution in [0.4, 0.5) is 36.3 Å². The summed E-state index contributed by atoms with van der Waals surface area (Å²) in [6.45, 7) is 4.00. The molecule has 4 aromatic heterocycles. The van der Waals surface area contributed by atoms with E-state index < -0.39 is 44.7 Å². The van der Waals surface area contributed by atoms with Crippen molar-refractivity contribution in [2.75, 3.05) is 0 Å². The summed E-state index contributed by atoms with van der Waals surface area (Å²) in [5, 5.41) is 32.9. The van der Waals surface area contributed by atoms with E-state index in [0.29, 0.717) is 0 Å². The lowest BCUT2D eigenvalue weighted by atomic mass is 10.2. The van der Waals surface area contributed by atoms with E-state index in [4.69, 9.17) is 0 Å². The number of alkyl halides is 6. The highest BCUT2D eigenvalue weighted by molar-refractivity contribution is 8.01. The van der Waals surface area contributed by atoms with Gasteiger partial charge in [0.15, 0.2) is 8.68 Å². The fraction of sp³-hybridized carbons (Fsp3) is 0.154. The van der Waals surface area contributed by atoms with E-state index in [1.165, 1.54) is 12.1 Å². The molecular formula is C26H18F6N10O6S4. The van der Waals surface area contributed by atoms with Crippen LogP contribution in [0.3, 0.4) is 0 Å². The van der Waals surface area contributed by atoms with Gasteiger partial charge in [0, 0.05) is 0 Å². The molecule has 0 spiro atoms. The van der Waals surface area contributed by atoms with Crippen molar-refractivity contribution in [3.8, 4) is 11.4 Å². The summed E-state index contributed by atoms with van der Waals surface area (Å²) in [7, 11) is 0. The van der Waals surface area contributed by atoms with E-state index >= 15 is 0 Å². The van der Waals surface area contributed by atoms with Crippen LogP contribution < -0.4 is 11.4 Å². The number of aromatic nitrogens is 8. The Hall–Kier alpha value is -5.34. The van der Waals surface area contributed by atoms with E-state index in [1.807, 2.05) is 13.8 Å². The first-order valence-electron chi connectivity index (χ1n) is 13.8. The van der Waals surface area contributed by atoms with Gasteiger partial charge in [0.05, 0.1) is 32.3 Å². The molecule has 16 nitrogen and oxygen atoms in total. The van der Waals surface area contributed by atoms with E-state index in [9.17, 15) is 56.2 Å². The largest absolute Gasteiger partial charge is 0.416 e. The van der Waals surface area contributed by atoms with Crippen LogP contribution >= 0.6 is 46.2 Å². The molecule has 2 N–H and O–H groups in total. The highest BCUT2D eigenvalue weighted by atomic mass is 32.2. The lowest BCUT2D eigenvalue weighted by molar-refractivity contribution is -0.380. The molecule has 6 aromatic rings. The van der Waals surface area contributed by atoms with Crippen LogP contribution in [0, 0.1) is 20.2 Å². The third-order valence-corrected chi connectivity index (χ3v) is 9.79. The molecule has 0 amide bonds. The molecule has 0 bridgehead atoms. The average Bonchev–Trinajstić information content (AvgIpc) is 3.90. The quantitative estimate of drug-likeness (QED) is 0.0886. The summed E-state index contributed by atoms with van der Waals surface area (Å²) in [5.74, 6) is 0. The van der Waals surface area contributed by atoms with Gasteiger partial charge in [-0.05, 0) is 88.7 Å². The van der Waals surface area contributed by atoms with Crippen LogP contribution in [0.15, 0.2) is 89.5 Å². The predicted octanol–water partition coefficient (Wildman–Crippen LogP) is 7.22. The summed E-state index contributed by atoms with van der Waals surface area (Å²) in [5.41, 5.74) is -3.04. The van der Waals surface area contributed by atoms with Gasteiger partial charge in [-0.2, -0.15) is 26.3 Å². The highest BCUT2D eigenvalue weighted by Gasteiger charge is 2.31. The maximum Gasteiger partial charge on any atom is 0.416 e. The summed E-state index contributed by atoms with van der Waals surface area (Å²) < 4.78 is 78.9. The SMILES string of the molecule is CC.O=c1[nH]nc(Sc2ncc([N+](=O)[O-])s2)n1-c1ccc(C(F)(F)F)cc1.O=c1[nH]nc(Sc2ncc([N+](=O)[O-])s2)n1-c1cccc(C(F)(F)F)c1. The maximum absolute atomic E-state index is 12.8. The molecule has 2 aromatic carbocycles. The van der Waals surface area contributed by atoms with Crippen molar-refractivity contribution >= 4 is 56.2 Å². The number of nitro groups is 2. The number of H-pyrrole nitrogens is 2. The van der Waals surface area contributed by atoms with Gasteiger partial charge in [0.2, 0.25) is 10.3 Å². The second kappa shape index (κ2) is 16.3. The molecular weight excluding hydrogens is 791 g/mol. The Labute approximate surface area is 300 Å². The molecule has 0 saturated heterocycles. The smallest absolute Gasteiger partial charge is 0.257 e. The Balaban J connectivity index is 0.000000222. The molecule has 274 valence electrons. The maximum atomic E-state index is 12.8. The topological polar surface area (TPSA) is 213 Å². The molecule has 0 aliphatic rings. The molecule has 0 atom stereocenters. The Bertz CT molecular complexity index is 2290. The van der Waals surface area contributed by atoms with Crippen molar-refractivity contribution < 1.29 is 36.2 Å². The van der Waals surface area contributed by atoms with Crippen molar-refractivity contribution in [3.05, 3.63) is 113 Å². The number of nitrogens with one attached hydrogen (secondary N) is 2. The minimum absolute atomic E-state index is 0.00794. The van der Waals surface area contributed by atoms with E-state index in [-0.39, 0.29) is 40.4 Å². The third-order valence-electron chi connectivity index (χ3n) is 5.83. The Morgan fingerprint density at radius 1 is 0.692 bits per heavy atom. The molecule has 26 heteroatoms. The summed E-state index contributed by atoms with van der Waals surface area (Å²) in [4.78, 5) is 51.6. The van der Waals surface area contributed by atoms with E-state index in [1.54, 1.807) is 0 Å². The summed E-state index contributed by atoms with van der Waals surface area (Å²) in [6, 6.07) is 8.13. The molecule has 0 saturated carbocycles. The van der Waals surface area contributed by atoms with Crippen molar-refractivity contribution in [3.63, 3.8) is 0 Å². The second-order valence-corrected chi connectivity index (χ2v) is 13.5. The number of thiazole rings is 2.